The van der Waals surface area contributed by atoms with Gasteiger partial charge in [-0.05, 0) is 19.4 Å². The SMILES string of the molecule is CC[N+]1(CC)CCN(Cc2ccccc2)CC1.[Cl-]. The fourth-order valence-electron chi connectivity index (χ4n) is 2.79. The normalized spacial score (nSPS) is 19.2. The van der Waals surface area contributed by atoms with Crippen molar-refractivity contribution >= 4 is 0 Å². The van der Waals surface area contributed by atoms with E-state index in [9.17, 15) is 0 Å². The number of nitrogens with zero attached hydrogens (tertiary/aromatic N) is 2. The van der Waals surface area contributed by atoms with Crippen LogP contribution in [0.3, 0.4) is 0 Å². The van der Waals surface area contributed by atoms with Crippen molar-refractivity contribution in [3.05, 3.63) is 35.9 Å². The molecule has 1 heterocycles. The zero-order valence-corrected chi connectivity index (χ0v) is 12.4. The summed E-state index contributed by atoms with van der Waals surface area (Å²) in [6, 6.07) is 10.8. The Morgan fingerprint density at radius 1 is 1.00 bits per heavy atom. The molecular weight excluding hydrogens is 244 g/mol. The number of halogens is 1. The minimum Gasteiger partial charge on any atom is -1.00 e. The number of benzene rings is 1. The highest BCUT2D eigenvalue weighted by molar-refractivity contribution is 5.14. The average Bonchev–Trinajstić information content (AvgIpc) is 2.41. The largest absolute Gasteiger partial charge is 1.00 e. The first kappa shape index (κ1) is 15.5. The number of hydrogen-bond acceptors (Lipinski definition) is 1. The Kier molecular flexibility index (Phi) is 6.13. The van der Waals surface area contributed by atoms with Gasteiger partial charge in [-0.3, -0.25) is 4.90 Å². The first-order chi connectivity index (χ1) is 8.28. The minimum atomic E-state index is 0. The van der Waals surface area contributed by atoms with E-state index in [4.69, 9.17) is 0 Å². The van der Waals surface area contributed by atoms with Gasteiger partial charge >= 0.3 is 0 Å². The number of piperazine rings is 1. The zero-order chi connectivity index (χ0) is 12.1. The van der Waals surface area contributed by atoms with E-state index in [0.29, 0.717) is 0 Å². The molecule has 1 aromatic carbocycles. The van der Waals surface area contributed by atoms with Crippen LogP contribution in [0.1, 0.15) is 19.4 Å². The fourth-order valence-corrected chi connectivity index (χ4v) is 2.79. The van der Waals surface area contributed by atoms with Crippen LogP contribution in [-0.2, 0) is 6.54 Å². The second kappa shape index (κ2) is 7.13. The van der Waals surface area contributed by atoms with Gasteiger partial charge in [0.05, 0.1) is 26.2 Å². The fraction of sp³-hybridized carbons (Fsp3) is 0.600. The molecule has 18 heavy (non-hydrogen) atoms. The molecule has 1 fully saturated rings. The summed E-state index contributed by atoms with van der Waals surface area (Å²) in [4.78, 5) is 2.59. The Hall–Kier alpha value is -0.570. The van der Waals surface area contributed by atoms with Crippen LogP contribution >= 0.6 is 0 Å². The van der Waals surface area contributed by atoms with Gasteiger partial charge in [-0.1, -0.05) is 30.3 Å². The smallest absolute Gasteiger partial charge is 0.0916 e. The second-order valence-electron chi connectivity index (χ2n) is 5.18. The molecule has 0 aromatic heterocycles. The van der Waals surface area contributed by atoms with Gasteiger partial charge in [-0.25, -0.2) is 0 Å². The van der Waals surface area contributed by atoms with Crippen LogP contribution in [0.5, 0.6) is 0 Å². The van der Waals surface area contributed by atoms with Crippen molar-refractivity contribution in [1.82, 2.24) is 4.90 Å². The molecule has 0 N–H and O–H groups in total. The lowest BCUT2D eigenvalue weighted by Gasteiger charge is -2.43. The van der Waals surface area contributed by atoms with Gasteiger partial charge in [-0.2, -0.15) is 0 Å². The predicted octanol–water partition coefficient (Wildman–Crippen LogP) is -0.637. The molecule has 3 heteroatoms. The Bertz CT molecular complexity index is 326. The number of quaternary nitrogens is 1. The lowest BCUT2D eigenvalue weighted by molar-refractivity contribution is -0.928. The lowest BCUT2D eigenvalue weighted by atomic mass is 10.2. The van der Waals surface area contributed by atoms with E-state index < -0.39 is 0 Å². The highest BCUT2D eigenvalue weighted by Gasteiger charge is 2.29. The first-order valence-corrected chi connectivity index (χ1v) is 6.89. The molecule has 1 aliphatic heterocycles. The summed E-state index contributed by atoms with van der Waals surface area (Å²) in [5, 5.41) is 0. The van der Waals surface area contributed by atoms with E-state index in [2.05, 4.69) is 49.1 Å². The number of rotatable bonds is 4. The molecule has 0 atom stereocenters. The van der Waals surface area contributed by atoms with Crippen molar-refractivity contribution in [2.24, 2.45) is 0 Å². The molecule has 102 valence electrons. The third-order valence-corrected chi connectivity index (χ3v) is 4.37. The van der Waals surface area contributed by atoms with Crippen molar-refractivity contribution in [3.8, 4) is 0 Å². The lowest BCUT2D eigenvalue weighted by Crippen LogP contribution is -3.00. The summed E-state index contributed by atoms with van der Waals surface area (Å²) in [6.45, 7) is 13.5. The molecule has 0 radical (unpaired) electrons. The van der Waals surface area contributed by atoms with E-state index in [1.165, 1.54) is 49.3 Å². The molecule has 2 rings (SSSR count). The third-order valence-electron chi connectivity index (χ3n) is 4.37. The van der Waals surface area contributed by atoms with Crippen molar-refractivity contribution in [2.75, 3.05) is 39.3 Å². The predicted molar refractivity (Wildman–Crippen MR) is 72.8 cm³/mol. The Morgan fingerprint density at radius 3 is 2.06 bits per heavy atom. The van der Waals surface area contributed by atoms with Crippen molar-refractivity contribution < 1.29 is 16.9 Å². The van der Waals surface area contributed by atoms with Crippen LogP contribution < -0.4 is 12.4 Å². The van der Waals surface area contributed by atoms with Gasteiger partial charge in [0.15, 0.2) is 0 Å². The van der Waals surface area contributed by atoms with Crippen molar-refractivity contribution in [2.45, 2.75) is 20.4 Å². The molecular formula is C15H25ClN2. The van der Waals surface area contributed by atoms with Crippen molar-refractivity contribution in [3.63, 3.8) is 0 Å². The molecule has 0 unspecified atom stereocenters. The molecule has 1 aromatic rings. The highest BCUT2D eigenvalue weighted by atomic mass is 35.5. The summed E-state index contributed by atoms with van der Waals surface area (Å²) in [5.41, 5.74) is 1.44. The van der Waals surface area contributed by atoms with Crippen LogP contribution in [-0.4, -0.2) is 48.7 Å². The van der Waals surface area contributed by atoms with E-state index >= 15 is 0 Å². The summed E-state index contributed by atoms with van der Waals surface area (Å²) >= 11 is 0. The quantitative estimate of drug-likeness (QED) is 0.657. The van der Waals surface area contributed by atoms with Gasteiger partial charge in [0.25, 0.3) is 0 Å². The Labute approximate surface area is 118 Å². The van der Waals surface area contributed by atoms with E-state index in [-0.39, 0.29) is 12.4 Å². The topological polar surface area (TPSA) is 3.24 Å². The third kappa shape index (κ3) is 3.71. The summed E-state index contributed by atoms with van der Waals surface area (Å²) in [6.07, 6.45) is 0. The maximum Gasteiger partial charge on any atom is 0.0916 e. The second-order valence-corrected chi connectivity index (χ2v) is 5.18. The summed E-state index contributed by atoms with van der Waals surface area (Å²) in [5.74, 6) is 0. The van der Waals surface area contributed by atoms with Crippen molar-refractivity contribution in [1.29, 1.82) is 0 Å². The number of hydrogen-bond donors (Lipinski definition) is 0. The summed E-state index contributed by atoms with van der Waals surface area (Å²) in [7, 11) is 0. The molecule has 0 spiro atoms. The molecule has 1 aliphatic rings. The van der Waals surface area contributed by atoms with Crippen LogP contribution in [0.2, 0.25) is 0 Å². The monoisotopic (exact) mass is 268 g/mol. The Morgan fingerprint density at radius 2 is 1.56 bits per heavy atom. The van der Waals surface area contributed by atoms with E-state index in [1.807, 2.05) is 0 Å². The minimum absolute atomic E-state index is 0. The molecule has 0 aliphatic carbocycles. The molecule has 0 bridgehead atoms. The standard InChI is InChI=1S/C15H25N2.ClH/c1-3-17(4-2)12-10-16(11-13-17)14-15-8-6-5-7-9-15;/h5-9H,3-4,10-14H2,1-2H3;1H/q+1;/p-1. The van der Waals surface area contributed by atoms with E-state index in [0.717, 1.165) is 6.54 Å². The maximum absolute atomic E-state index is 2.59. The van der Waals surface area contributed by atoms with Crippen LogP contribution in [0.25, 0.3) is 0 Å². The maximum atomic E-state index is 2.59. The van der Waals surface area contributed by atoms with Gasteiger partial charge in [0.1, 0.15) is 0 Å². The molecule has 0 saturated carbocycles. The van der Waals surface area contributed by atoms with Crippen LogP contribution in [0.4, 0.5) is 0 Å². The van der Waals surface area contributed by atoms with Gasteiger partial charge in [0, 0.05) is 19.6 Å². The van der Waals surface area contributed by atoms with Gasteiger partial charge in [0.2, 0.25) is 0 Å². The highest BCUT2D eigenvalue weighted by Crippen LogP contribution is 2.14. The average molecular weight is 269 g/mol. The van der Waals surface area contributed by atoms with Gasteiger partial charge < -0.3 is 16.9 Å². The Balaban J connectivity index is 0.00000162. The zero-order valence-electron chi connectivity index (χ0n) is 11.6. The van der Waals surface area contributed by atoms with Crippen LogP contribution in [0.15, 0.2) is 30.3 Å². The number of likely N-dealkylation sites (N-methyl/N-ethyl adjacent to an activating group) is 1. The molecule has 1 saturated heterocycles. The summed E-state index contributed by atoms with van der Waals surface area (Å²) < 4.78 is 1.31. The first-order valence-electron chi connectivity index (χ1n) is 6.89. The molecule has 2 nitrogen and oxygen atoms in total. The van der Waals surface area contributed by atoms with Crippen LogP contribution in [0, 0.1) is 0 Å². The molecule has 0 amide bonds. The van der Waals surface area contributed by atoms with E-state index in [1.54, 1.807) is 0 Å². The van der Waals surface area contributed by atoms with Gasteiger partial charge in [-0.15, -0.1) is 0 Å².